The van der Waals surface area contributed by atoms with E-state index in [1.165, 1.54) is 36.8 Å². The van der Waals surface area contributed by atoms with Gasteiger partial charge in [-0.15, -0.1) is 0 Å². The Balaban J connectivity index is 2.05. The molecular formula is C22H33NO2. The third-order valence-electron chi connectivity index (χ3n) is 6.79. The van der Waals surface area contributed by atoms with E-state index in [9.17, 15) is 4.79 Å². The monoisotopic (exact) mass is 343 g/mol. The summed E-state index contributed by atoms with van der Waals surface area (Å²) in [4.78, 5) is 14.3. The third-order valence-corrected chi connectivity index (χ3v) is 6.79. The van der Waals surface area contributed by atoms with Crippen LogP contribution in [-0.4, -0.2) is 30.7 Å². The molecule has 0 heterocycles. The molecule has 3 atom stereocenters. The maximum Gasteiger partial charge on any atom is 0.409 e. The topological polar surface area (TPSA) is 29.5 Å². The van der Waals surface area contributed by atoms with Crippen molar-refractivity contribution in [2.45, 2.75) is 77.2 Å². The van der Waals surface area contributed by atoms with Crippen molar-refractivity contribution in [3.8, 4) is 0 Å². The van der Waals surface area contributed by atoms with Crippen LogP contribution in [0.2, 0.25) is 0 Å². The van der Waals surface area contributed by atoms with Gasteiger partial charge in [0.15, 0.2) is 0 Å². The summed E-state index contributed by atoms with van der Waals surface area (Å²) in [6.45, 7) is 6.90. The van der Waals surface area contributed by atoms with Crippen molar-refractivity contribution < 1.29 is 9.53 Å². The number of benzene rings is 1. The minimum atomic E-state index is -0.170. The predicted octanol–water partition coefficient (Wildman–Crippen LogP) is 5.10. The van der Waals surface area contributed by atoms with E-state index >= 15 is 0 Å². The lowest BCUT2D eigenvalue weighted by Gasteiger charge is -2.53. The fourth-order valence-electron chi connectivity index (χ4n) is 5.41. The van der Waals surface area contributed by atoms with Gasteiger partial charge in [-0.3, -0.25) is 0 Å². The van der Waals surface area contributed by atoms with Crippen molar-refractivity contribution in [3.05, 3.63) is 34.9 Å². The highest BCUT2D eigenvalue weighted by atomic mass is 16.6. The number of likely N-dealkylation sites (N-methyl/N-ethyl adjacent to an activating group) is 1. The van der Waals surface area contributed by atoms with Crippen LogP contribution in [0.1, 0.15) is 69.6 Å². The molecule has 2 aliphatic rings. The van der Waals surface area contributed by atoms with E-state index in [-0.39, 0.29) is 17.6 Å². The molecule has 0 bridgehead atoms. The van der Waals surface area contributed by atoms with Gasteiger partial charge in [-0.05, 0) is 61.6 Å². The maximum absolute atomic E-state index is 12.4. The van der Waals surface area contributed by atoms with E-state index < -0.39 is 0 Å². The molecule has 2 aliphatic carbocycles. The first kappa shape index (κ1) is 18.3. The highest BCUT2D eigenvalue weighted by Gasteiger charge is 2.50. The third kappa shape index (κ3) is 3.07. The van der Waals surface area contributed by atoms with Gasteiger partial charge in [0, 0.05) is 18.5 Å². The van der Waals surface area contributed by atoms with Crippen LogP contribution in [0.5, 0.6) is 0 Å². The molecule has 1 aromatic carbocycles. The van der Waals surface area contributed by atoms with Crippen LogP contribution < -0.4 is 0 Å². The van der Waals surface area contributed by atoms with E-state index in [0.29, 0.717) is 12.5 Å². The molecule has 0 saturated heterocycles. The van der Waals surface area contributed by atoms with Gasteiger partial charge in [0.2, 0.25) is 0 Å². The first-order valence-electron chi connectivity index (χ1n) is 10.1. The highest BCUT2D eigenvalue weighted by Crippen LogP contribution is 2.53. The quantitative estimate of drug-likeness (QED) is 0.761. The Morgan fingerprint density at radius 3 is 2.76 bits per heavy atom. The summed E-state index contributed by atoms with van der Waals surface area (Å²) in [6.07, 6.45) is 8.09. The zero-order chi connectivity index (χ0) is 18.0. The highest BCUT2D eigenvalue weighted by molar-refractivity contribution is 5.68. The molecular weight excluding hydrogens is 310 g/mol. The Kier molecular flexibility index (Phi) is 5.41. The minimum absolute atomic E-state index is 0.170. The number of rotatable bonds is 4. The molecule has 0 spiro atoms. The number of amides is 1. The fraction of sp³-hybridized carbons (Fsp3) is 0.682. The molecule has 3 heteroatoms. The zero-order valence-electron chi connectivity index (χ0n) is 16.3. The van der Waals surface area contributed by atoms with E-state index in [0.717, 1.165) is 19.3 Å². The summed E-state index contributed by atoms with van der Waals surface area (Å²) in [7, 11) is 1.93. The number of hydrogen-bond acceptors (Lipinski definition) is 2. The Labute approximate surface area is 152 Å². The van der Waals surface area contributed by atoms with Gasteiger partial charge < -0.3 is 9.64 Å². The number of hydrogen-bond donors (Lipinski definition) is 0. The second kappa shape index (κ2) is 7.39. The van der Waals surface area contributed by atoms with Gasteiger partial charge in [-0.1, -0.05) is 44.9 Å². The molecule has 138 valence electrons. The number of aryl methyl sites for hydroxylation is 1. The molecule has 3 nitrogen and oxygen atoms in total. The number of carbonyl (C=O) groups excluding carboxylic acids is 1. The van der Waals surface area contributed by atoms with Gasteiger partial charge in [0.05, 0.1) is 6.61 Å². The molecule has 1 aromatic rings. The van der Waals surface area contributed by atoms with Crippen molar-refractivity contribution in [1.82, 2.24) is 4.90 Å². The van der Waals surface area contributed by atoms with Crippen LogP contribution >= 0.6 is 0 Å². The second-order valence-corrected chi connectivity index (χ2v) is 7.79. The minimum Gasteiger partial charge on any atom is -0.450 e. The van der Waals surface area contributed by atoms with E-state index in [4.69, 9.17) is 4.74 Å². The predicted molar refractivity (Wildman–Crippen MR) is 102 cm³/mol. The van der Waals surface area contributed by atoms with Gasteiger partial charge in [0.25, 0.3) is 0 Å². The normalized spacial score (nSPS) is 28.0. The maximum atomic E-state index is 12.4. The summed E-state index contributed by atoms with van der Waals surface area (Å²) in [5.74, 6) is 0.542. The van der Waals surface area contributed by atoms with Gasteiger partial charge in [-0.2, -0.15) is 0 Å². The molecule has 3 unspecified atom stereocenters. The lowest BCUT2D eigenvalue weighted by Crippen LogP contribution is -2.55. The molecule has 0 aromatic heterocycles. The summed E-state index contributed by atoms with van der Waals surface area (Å²) >= 11 is 0. The standard InChI is InChI=1S/C22H33NO2/c1-5-16-11-12-17-15-20(23(4)21(24)25-7-3)18-10-8-9-13-22(18,6-2)19(17)14-16/h11-12,14,18,20H,5-10,13,15H2,1-4H3. The average Bonchev–Trinajstić information content (AvgIpc) is 2.66. The van der Waals surface area contributed by atoms with Crippen molar-refractivity contribution in [3.63, 3.8) is 0 Å². The number of ether oxygens (including phenoxy) is 1. The lowest BCUT2D eigenvalue weighted by atomic mass is 9.54. The average molecular weight is 344 g/mol. The summed E-state index contributed by atoms with van der Waals surface area (Å²) in [5.41, 5.74) is 4.68. The van der Waals surface area contributed by atoms with Crippen LogP contribution in [0.25, 0.3) is 0 Å². The van der Waals surface area contributed by atoms with E-state index in [1.807, 2.05) is 18.9 Å². The van der Waals surface area contributed by atoms with Gasteiger partial charge in [-0.25, -0.2) is 4.79 Å². The van der Waals surface area contributed by atoms with Crippen molar-refractivity contribution in [2.24, 2.45) is 5.92 Å². The molecule has 25 heavy (non-hydrogen) atoms. The van der Waals surface area contributed by atoms with E-state index in [2.05, 4.69) is 32.0 Å². The summed E-state index contributed by atoms with van der Waals surface area (Å²) in [5, 5.41) is 0. The van der Waals surface area contributed by atoms with Crippen LogP contribution in [0, 0.1) is 5.92 Å². The first-order valence-corrected chi connectivity index (χ1v) is 10.1. The Hall–Kier alpha value is -1.51. The van der Waals surface area contributed by atoms with Crippen LogP contribution in [-0.2, 0) is 23.0 Å². The number of nitrogens with zero attached hydrogens (tertiary/aromatic N) is 1. The largest absolute Gasteiger partial charge is 0.450 e. The van der Waals surface area contributed by atoms with Gasteiger partial charge >= 0.3 is 6.09 Å². The van der Waals surface area contributed by atoms with Crippen LogP contribution in [0.15, 0.2) is 18.2 Å². The van der Waals surface area contributed by atoms with Crippen LogP contribution in [0.4, 0.5) is 4.79 Å². The SMILES string of the molecule is CCOC(=O)N(C)C1Cc2ccc(CC)cc2C2(CC)CCCCC12. The number of fused-ring (bicyclic) bond motifs is 3. The molecule has 1 fully saturated rings. The van der Waals surface area contributed by atoms with Crippen LogP contribution in [0.3, 0.4) is 0 Å². The Bertz CT molecular complexity index is 626. The number of carbonyl (C=O) groups is 1. The lowest BCUT2D eigenvalue weighted by molar-refractivity contribution is 0.0422. The molecule has 1 amide bonds. The summed E-state index contributed by atoms with van der Waals surface area (Å²) < 4.78 is 5.31. The Morgan fingerprint density at radius 1 is 1.28 bits per heavy atom. The molecule has 3 rings (SSSR count). The fourth-order valence-corrected chi connectivity index (χ4v) is 5.41. The molecule has 1 saturated carbocycles. The molecule has 0 N–H and O–H groups in total. The Morgan fingerprint density at radius 2 is 2.08 bits per heavy atom. The van der Waals surface area contributed by atoms with Crippen molar-refractivity contribution in [2.75, 3.05) is 13.7 Å². The van der Waals surface area contributed by atoms with Crippen molar-refractivity contribution in [1.29, 1.82) is 0 Å². The summed E-state index contributed by atoms with van der Waals surface area (Å²) in [6, 6.07) is 7.31. The zero-order valence-corrected chi connectivity index (χ0v) is 16.3. The second-order valence-electron chi connectivity index (χ2n) is 7.79. The molecule has 0 aliphatic heterocycles. The van der Waals surface area contributed by atoms with E-state index in [1.54, 1.807) is 5.56 Å². The molecule has 0 radical (unpaired) electrons. The first-order chi connectivity index (χ1) is 12.1. The van der Waals surface area contributed by atoms with Gasteiger partial charge in [0.1, 0.15) is 0 Å². The smallest absolute Gasteiger partial charge is 0.409 e. The van der Waals surface area contributed by atoms with Crippen molar-refractivity contribution >= 4 is 6.09 Å².